The van der Waals surface area contributed by atoms with Crippen molar-refractivity contribution in [2.75, 3.05) is 14.2 Å². The summed E-state index contributed by atoms with van der Waals surface area (Å²) in [6.45, 7) is 0. The van der Waals surface area contributed by atoms with Crippen molar-refractivity contribution >= 4 is 29.8 Å². The molecule has 0 amide bonds. The molecule has 1 N–H and O–H groups in total. The van der Waals surface area contributed by atoms with E-state index >= 15 is 0 Å². The highest BCUT2D eigenvalue weighted by molar-refractivity contribution is 6.12. The minimum absolute atomic E-state index is 0.00860. The second-order valence-electron chi connectivity index (χ2n) is 5.31. The van der Waals surface area contributed by atoms with E-state index in [0.29, 0.717) is 0 Å². The molecule has 0 unspecified atom stereocenters. The van der Waals surface area contributed by atoms with Gasteiger partial charge in [-0.3, -0.25) is 4.79 Å². The minimum atomic E-state index is -1.85. The van der Waals surface area contributed by atoms with Gasteiger partial charge in [0.1, 0.15) is 0 Å². The van der Waals surface area contributed by atoms with E-state index in [1.807, 2.05) is 0 Å². The molecule has 0 saturated carbocycles. The van der Waals surface area contributed by atoms with Crippen LogP contribution in [0.15, 0.2) is 42.5 Å². The van der Waals surface area contributed by atoms with Crippen LogP contribution in [0.1, 0.15) is 47.0 Å². The van der Waals surface area contributed by atoms with Gasteiger partial charge in [-0.1, -0.05) is 18.2 Å². The molecule has 0 heterocycles. The Hall–Kier alpha value is -4.01. The van der Waals surface area contributed by atoms with Crippen molar-refractivity contribution in [3.8, 4) is 0 Å². The zero-order valence-corrected chi connectivity index (χ0v) is 14.8. The molecule has 2 aromatic carbocycles. The van der Waals surface area contributed by atoms with Crippen LogP contribution in [0.4, 0.5) is 4.79 Å². The number of methoxy groups -OCH3 is 2. The Bertz CT molecular complexity index is 975. The second kappa shape index (κ2) is 8.58. The van der Waals surface area contributed by atoms with Crippen LogP contribution in [0.5, 0.6) is 0 Å². The zero-order valence-electron chi connectivity index (χ0n) is 14.8. The summed E-state index contributed by atoms with van der Waals surface area (Å²) >= 11 is 0. The van der Waals surface area contributed by atoms with Gasteiger partial charge in [0, 0.05) is 11.1 Å². The fourth-order valence-corrected chi connectivity index (χ4v) is 2.35. The van der Waals surface area contributed by atoms with Crippen LogP contribution in [0.3, 0.4) is 0 Å². The number of hydrogen-bond donors (Lipinski definition) is 1. The topological polar surface area (TPSA) is 133 Å². The van der Waals surface area contributed by atoms with E-state index in [4.69, 9.17) is 5.11 Å². The molecule has 0 aliphatic heterocycles. The molecular weight excluding hydrogens is 372 g/mol. The first-order valence-electron chi connectivity index (χ1n) is 7.69. The van der Waals surface area contributed by atoms with Crippen LogP contribution < -0.4 is 0 Å². The number of ketones is 1. The third-order valence-corrected chi connectivity index (χ3v) is 3.63. The Kier molecular flexibility index (Phi) is 6.22. The van der Waals surface area contributed by atoms with Crippen molar-refractivity contribution in [1.29, 1.82) is 0 Å². The summed E-state index contributed by atoms with van der Waals surface area (Å²) < 4.78 is 13.2. The molecule has 28 heavy (non-hydrogen) atoms. The normalized spacial score (nSPS) is 9.93. The molecule has 2 aromatic rings. The van der Waals surface area contributed by atoms with E-state index in [0.717, 1.165) is 19.2 Å². The molecule has 0 radical (unpaired) electrons. The van der Waals surface area contributed by atoms with E-state index in [1.54, 1.807) is 0 Å². The van der Waals surface area contributed by atoms with E-state index in [9.17, 15) is 24.0 Å². The van der Waals surface area contributed by atoms with Gasteiger partial charge in [0.15, 0.2) is 5.78 Å². The summed E-state index contributed by atoms with van der Waals surface area (Å²) in [5.41, 5.74) is -0.421. The third kappa shape index (κ3) is 4.39. The van der Waals surface area contributed by atoms with Gasteiger partial charge in [-0.25, -0.2) is 19.2 Å². The quantitative estimate of drug-likeness (QED) is 0.355. The number of carbonyl (C=O) groups is 5. The van der Waals surface area contributed by atoms with Gasteiger partial charge in [-0.05, 0) is 24.3 Å². The van der Waals surface area contributed by atoms with Crippen molar-refractivity contribution in [1.82, 2.24) is 0 Å². The van der Waals surface area contributed by atoms with E-state index in [1.165, 1.54) is 37.4 Å². The summed E-state index contributed by atoms with van der Waals surface area (Å²) in [5, 5.41) is 8.56. The van der Waals surface area contributed by atoms with Crippen LogP contribution in [0.2, 0.25) is 0 Å². The average Bonchev–Trinajstić information content (AvgIpc) is 2.71. The maximum atomic E-state index is 12.7. The first-order valence-corrected chi connectivity index (χ1v) is 7.69. The number of esters is 3. The van der Waals surface area contributed by atoms with Crippen molar-refractivity contribution in [3.05, 3.63) is 70.3 Å². The molecular formula is C19H14O9. The molecule has 144 valence electrons. The molecule has 0 atom stereocenters. The number of ether oxygens (including phenoxy) is 3. The van der Waals surface area contributed by atoms with Gasteiger partial charge in [0.05, 0.1) is 30.9 Å². The van der Waals surface area contributed by atoms with Crippen LogP contribution in [-0.4, -0.2) is 49.2 Å². The van der Waals surface area contributed by atoms with Gasteiger partial charge < -0.3 is 19.3 Å². The monoisotopic (exact) mass is 386 g/mol. The van der Waals surface area contributed by atoms with Crippen molar-refractivity contribution in [2.24, 2.45) is 0 Å². The lowest BCUT2D eigenvalue weighted by molar-refractivity contribution is 0.0488. The van der Waals surface area contributed by atoms with Gasteiger partial charge in [0.25, 0.3) is 0 Å². The largest absolute Gasteiger partial charge is 0.513 e. The SMILES string of the molecule is COC(=O)c1cccc(C(=O)c2ccc(C(=O)OC(=O)O)c(C(=O)OC)c2)c1. The number of benzene rings is 2. The molecule has 0 spiro atoms. The van der Waals surface area contributed by atoms with Crippen molar-refractivity contribution in [3.63, 3.8) is 0 Å². The molecule has 0 aliphatic rings. The number of rotatable bonds is 5. The smallest absolute Gasteiger partial charge is 0.465 e. The average molecular weight is 386 g/mol. The summed E-state index contributed by atoms with van der Waals surface area (Å²) in [4.78, 5) is 58.7. The van der Waals surface area contributed by atoms with Crippen LogP contribution in [0, 0.1) is 0 Å². The summed E-state index contributed by atoms with van der Waals surface area (Å²) in [6, 6.07) is 9.11. The molecule has 0 bridgehead atoms. The van der Waals surface area contributed by atoms with Gasteiger partial charge in [0.2, 0.25) is 0 Å². The van der Waals surface area contributed by atoms with Gasteiger partial charge in [-0.15, -0.1) is 0 Å². The molecule has 9 nitrogen and oxygen atoms in total. The maximum absolute atomic E-state index is 12.7. The second-order valence-corrected chi connectivity index (χ2v) is 5.31. The van der Waals surface area contributed by atoms with Gasteiger partial charge in [-0.2, -0.15) is 0 Å². The van der Waals surface area contributed by atoms with E-state index < -0.39 is 29.8 Å². The lowest BCUT2D eigenvalue weighted by Crippen LogP contribution is -2.16. The number of carbonyl (C=O) groups excluding carboxylic acids is 4. The summed E-state index contributed by atoms with van der Waals surface area (Å²) in [6.07, 6.45) is -1.85. The van der Waals surface area contributed by atoms with Crippen molar-refractivity contribution in [2.45, 2.75) is 0 Å². The molecule has 0 aliphatic carbocycles. The predicted molar refractivity (Wildman–Crippen MR) is 92.4 cm³/mol. The number of hydrogen-bond acceptors (Lipinski definition) is 8. The lowest BCUT2D eigenvalue weighted by atomic mass is 9.97. The highest BCUT2D eigenvalue weighted by Gasteiger charge is 2.23. The highest BCUT2D eigenvalue weighted by atomic mass is 16.7. The molecule has 0 fully saturated rings. The van der Waals surface area contributed by atoms with E-state index in [-0.39, 0.29) is 27.8 Å². The Morgan fingerprint density at radius 3 is 1.93 bits per heavy atom. The Morgan fingerprint density at radius 1 is 0.714 bits per heavy atom. The number of carboxylic acid groups (broad SMARTS) is 1. The van der Waals surface area contributed by atoms with Crippen LogP contribution in [-0.2, 0) is 14.2 Å². The van der Waals surface area contributed by atoms with Gasteiger partial charge >= 0.3 is 24.1 Å². The Morgan fingerprint density at radius 2 is 1.32 bits per heavy atom. The van der Waals surface area contributed by atoms with Crippen LogP contribution in [0.25, 0.3) is 0 Å². The fraction of sp³-hybridized carbons (Fsp3) is 0.105. The first kappa shape index (κ1) is 20.3. The molecule has 0 saturated heterocycles. The van der Waals surface area contributed by atoms with Crippen molar-refractivity contribution < 1.29 is 43.3 Å². The Labute approximate surface area is 158 Å². The lowest BCUT2D eigenvalue weighted by Gasteiger charge is -2.09. The Balaban J connectivity index is 2.47. The standard InChI is InChI=1S/C19H14O9/c1-26-16(21)12-5-3-4-10(8-12)15(20)11-6-7-13(18(23)28-19(24)25)14(9-11)17(22)27-2/h3-9H,1-2H3,(H,24,25). The summed E-state index contributed by atoms with van der Waals surface area (Å²) in [5.74, 6) is -3.43. The molecule has 2 rings (SSSR count). The third-order valence-electron chi connectivity index (χ3n) is 3.63. The molecule has 9 heteroatoms. The van der Waals surface area contributed by atoms with Crippen LogP contribution >= 0.6 is 0 Å². The summed E-state index contributed by atoms with van der Waals surface area (Å²) in [7, 11) is 2.26. The van der Waals surface area contributed by atoms with E-state index in [2.05, 4.69) is 14.2 Å². The first-order chi connectivity index (χ1) is 13.3. The minimum Gasteiger partial charge on any atom is -0.465 e. The highest BCUT2D eigenvalue weighted by Crippen LogP contribution is 2.19. The maximum Gasteiger partial charge on any atom is 0.513 e. The fourth-order valence-electron chi connectivity index (χ4n) is 2.35. The molecule has 0 aromatic heterocycles. The zero-order chi connectivity index (χ0) is 20.8. The predicted octanol–water partition coefficient (Wildman–Crippen LogP) is 2.33.